The molecular weight excluding hydrogens is 118 g/mol. The van der Waals surface area contributed by atoms with Crippen molar-refractivity contribution in [1.29, 1.82) is 0 Å². The molecule has 0 aromatic carbocycles. The van der Waals surface area contributed by atoms with Gasteiger partial charge in [0.05, 0.1) is 0 Å². The Morgan fingerprint density at radius 3 is 2.56 bits per heavy atom. The molecule has 0 aromatic rings. The zero-order valence-electron chi connectivity index (χ0n) is 5.76. The summed E-state index contributed by atoms with van der Waals surface area (Å²) in [7, 11) is 0. The average molecular weight is 129 g/mol. The highest BCUT2D eigenvalue weighted by Crippen LogP contribution is 2.06. The van der Waals surface area contributed by atoms with Crippen molar-refractivity contribution >= 4 is 5.91 Å². The van der Waals surface area contributed by atoms with Crippen LogP contribution in [0, 0.1) is 10.8 Å². The molecule has 0 saturated heterocycles. The summed E-state index contributed by atoms with van der Waals surface area (Å²) >= 11 is 0. The van der Waals surface area contributed by atoms with E-state index in [2.05, 4.69) is 5.18 Å². The number of nitrogens with zero attached hydrogens (tertiary/aromatic N) is 1. The zero-order chi connectivity index (χ0) is 7.28. The van der Waals surface area contributed by atoms with Gasteiger partial charge in [0, 0.05) is 11.6 Å². The van der Waals surface area contributed by atoms with E-state index < -0.39 is 5.91 Å². The fourth-order valence-corrected chi connectivity index (χ4v) is 0.480. The second kappa shape index (κ2) is 4.18. The molecule has 9 heavy (non-hydrogen) atoms. The lowest BCUT2D eigenvalue weighted by Gasteiger charge is -2.00. The quantitative estimate of drug-likeness (QED) is 0.544. The molecule has 52 valence electrons. The van der Waals surface area contributed by atoms with E-state index in [0.29, 0.717) is 6.42 Å². The van der Waals surface area contributed by atoms with Crippen LogP contribution in [0.3, 0.4) is 0 Å². The molecular formula is C6H11NO2. The van der Waals surface area contributed by atoms with Crippen LogP contribution in [0.1, 0.15) is 26.7 Å². The Labute approximate surface area is 54.4 Å². The lowest BCUT2D eigenvalue weighted by atomic mass is 10.1. The summed E-state index contributed by atoms with van der Waals surface area (Å²) in [5.74, 6) is -0.250. The SMILES string of the molecule is CCC(C)CC(=O)N=O. The van der Waals surface area contributed by atoms with Crippen LogP contribution in [-0.4, -0.2) is 5.91 Å². The van der Waals surface area contributed by atoms with Crippen LogP contribution < -0.4 is 0 Å². The Morgan fingerprint density at radius 2 is 2.22 bits per heavy atom. The summed E-state index contributed by atoms with van der Waals surface area (Å²) in [5, 5.41) is 2.29. The number of carbonyl (C=O) groups excluding carboxylic acids is 1. The first-order chi connectivity index (χ1) is 4.20. The smallest absolute Gasteiger partial charge is 0.269 e. The average Bonchev–Trinajstić information content (AvgIpc) is 1.87. The van der Waals surface area contributed by atoms with E-state index in [1.807, 2.05) is 13.8 Å². The van der Waals surface area contributed by atoms with Crippen molar-refractivity contribution in [3.63, 3.8) is 0 Å². The van der Waals surface area contributed by atoms with E-state index in [4.69, 9.17) is 0 Å². The molecule has 3 nitrogen and oxygen atoms in total. The predicted octanol–water partition coefficient (Wildman–Crippen LogP) is 1.72. The van der Waals surface area contributed by atoms with Crippen LogP contribution in [0.25, 0.3) is 0 Å². The molecule has 0 spiro atoms. The number of carbonyl (C=O) groups is 1. The van der Waals surface area contributed by atoms with E-state index in [9.17, 15) is 9.70 Å². The fourth-order valence-electron chi connectivity index (χ4n) is 0.480. The Balaban J connectivity index is 3.46. The minimum Gasteiger partial charge on any atom is -0.269 e. The minimum atomic E-state index is -0.538. The minimum absolute atomic E-state index is 0.287. The maximum atomic E-state index is 10.3. The van der Waals surface area contributed by atoms with Gasteiger partial charge in [-0.15, -0.1) is 4.91 Å². The van der Waals surface area contributed by atoms with Crippen molar-refractivity contribution in [1.82, 2.24) is 0 Å². The number of nitroso groups, excluding NO2 is 1. The first-order valence-corrected chi connectivity index (χ1v) is 3.06. The van der Waals surface area contributed by atoms with E-state index in [-0.39, 0.29) is 5.92 Å². The third-order valence-corrected chi connectivity index (χ3v) is 1.32. The predicted molar refractivity (Wildman–Crippen MR) is 34.9 cm³/mol. The Bertz CT molecular complexity index is 112. The summed E-state index contributed by atoms with van der Waals surface area (Å²) in [6.45, 7) is 3.89. The normalized spacial score (nSPS) is 12.7. The van der Waals surface area contributed by atoms with Crippen molar-refractivity contribution < 1.29 is 4.79 Å². The highest BCUT2D eigenvalue weighted by atomic mass is 16.3. The standard InChI is InChI=1S/C6H11NO2/c1-3-5(2)4-6(8)7-9/h5H,3-4H2,1-2H3. The van der Waals surface area contributed by atoms with Gasteiger partial charge in [-0.25, -0.2) is 0 Å². The third-order valence-electron chi connectivity index (χ3n) is 1.32. The molecule has 0 fully saturated rings. The van der Waals surface area contributed by atoms with Gasteiger partial charge in [-0.05, 0) is 5.92 Å². The number of rotatable bonds is 3. The van der Waals surface area contributed by atoms with Gasteiger partial charge in [-0.2, -0.15) is 0 Å². The number of hydrogen-bond acceptors (Lipinski definition) is 2. The fraction of sp³-hybridized carbons (Fsp3) is 0.833. The zero-order valence-corrected chi connectivity index (χ0v) is 5.76. The lowest BCUT2D eigenvalue weighted by molar-refractivity contribution is -0.118. The molecule has 0 aliphatic rings. The van der Waals surface area contributed by atoms with Crippen molar-refractivity contribution in [3.05, 3.63) is 4.91 Å². The van der Waals surface area contributed by atoms with Crippen LogP contribution in [0.2, 0.25) is 0 Å². The molecule has 3 heteroatoms. The van der Waals surface area contributed by atoms with Crippen LogP contribution in [0.15, 0.2) is 5.18 Å². The highest BCUT2D eigenvalue weighted by molar-refractivity contribution is 5.76. The first-order valence-electron chi connectivity index (χ1n) is 3.06. The molecule has 0 aromatic heterocycles. The van der Waals surface area contributed by atoms with E-state index >= 15 is 0 Å². The Hall–Kier alpha value is -0.730. The molecule has 0 aliphatic carbocycles. The van der Waals surface area contributed by atoms with Gasteiger partial charge in [-0.1, -0.05) is 20.3 Å². The number of hydrogen-bond donors (Lipinski definition) is 0. The monoisotopic (exact) mass is 129 g/mol. The van der Waals surface area contributed by atoms with Gasteiger partial charge in [-0.3, -0.25) is 4.79 Å². The van der Waals surface area contributed by atoms with Gasteiger partial charge in [0.15, 0.2) is 0 Å². The maximum Gasteiger partial charge on any atom is 0.286 e. The topological polar surface area (TPSA) is 46.5 Å². The molecule has 0 saturated carbocycles. The molecule has 0 bridgehead atoms. The van der Waals surface area contributed by atoms with Crippen LogP contribution in [-0.2, 0) is 4.79 Å². The summed E-state index contributed by atoms with van der Waals surface area (Å²) in [4.78, 5) is 19.9. The summed E-state index contributed by atoms with van der Waals surface area (Å²) in [6.07, 6.45) is 1.21. The molecule has 0 radical (unpaired) electrons. The molecule has 1 unspecified atom stereocenters. The lowest BCUT2D eigenvalue weighted by Crippen LogP contribution is -2.00. The maximum absolute atomic E-state index is 10.3. The van der Waals surface area contributed by atoms with Crippen molar-refractivity contribution in [2.45, 2.75) is 26.7 Å². The summed E-state index contributed by atoms with van der Waals surface area (Å²) in [6, 6.07) is 0. The van der Waals surface area contributed by atoms with Crippen molar-refractivity contribution in [3.8, 4) is 0 Å². The molecule has 0 rings (SSSR count). The summed E-state index contributed by atoms with van der Waals surface area (Å²) in [5.41, 5.74) is 0. The van der Waals surface area contributed by atoms with Crippen molar-refractivity contribution in [2.24, 2.45) is 11.1 Å². The largest absolute Gasteiger partial charge is 0.286 e. The molecule has 0 aliphatic heterocycles. The molecule has 0 heterocycles. The van der Waals surface area contributed by atoms with E-state index in [1.165, 1.54) is 0 Å². The van der Waals surface area contributed by atoms with Crippen LogP contribution in [0.5, 0.6) is 0 Å². The Morgan fingerprint density at radius 1 is 1.67 bits per heavy atom. The molecule has 0 N–H and O–H groups in total. The van der Waals surface area contributed by atoms with Gasteiger partial charge in [0.2, 0.25) is 0 Å². The Kier molecular flexibility index (Phi) is 3.84. The van der Waals surface area contributed by atoms with Crippen LogP contribution >= 0.6 is 0 Å². The summed E-state index contributed by atoms with van der Waals surface area (Å²) < 4.78 is 0. The van der Waals surface area contributed by atoms with Gasteiger partial charge in [0.25, 0.3) is 5.91 Å². The van der Waals surface area contributed by atoms with Gasteiger partial charge in [0.1, 0.15) is 0 Å². The second-order valence-electron chi connectivity index (χ2n) is 2.20. The second-order valence-corrected chi connectivity index (χ2v) is 2.20. The molecule has 1 amide bonds. The highest BCUT2D eigenvalue weighted by Gasteiger charge is 2.05. The number of amides is 1. The third kappa shape index (κ3) is 3.82. The van der Waals surface area contributed by atoms with Crippen molar-refractivity contribution in [2.75, 3.05) is 0 Å². The van der Waals surface area contributed by atoms with Gasteiger partial charge < -0.3 is 0 Å². The first kappa shape index (κ1) is 8.27. The van der Waals surface area contributed by atoms with Gasteiger partial charge >= 0.3 is 0 Å². The molecule has 1 atom stereocenters. The van der Waals surface area contributed by atoms with E-state index in [1.54, 1.807) is 0 Å². The van der Waals surface area contributed by atoms with E-state index in [0.717, 1.165) is 6.42 Å². The van der Waals surface area contributed by atoms with Crippen LogP contribution in [0.4, 0.5) is 0 Å².